The highest BCUT2D eigenvalue weighted by atomic mass is 32.1. The normalized spacial score (nSPS) is 21.7. The van der Waals surface area contributed by atoms with Crippen molar-refractivity contribution in [3.8, 4) is 0 Å². The van der Waals surface area contributed by atoms with Gasteiger partial charge in [0.2, 0.25) is 0 Å². The largest absolute Gasteiger partial charge is 0.359 e. The van der Waals surface area contributed by atoms with Crippen LogP contribution in [0.2, 0.25) is 0 Å². The van der Waals surface area contributed by atoms with Crippen molar-refractivity contribution >= 4 is 39.8 Å². The molecule has 0 aliphatic carbocycles. The Kier molecular flexibility index (Phi) is 3.18. The maximum atomic E-state index is 4.94. The van der Waals surface area contributed by atoms with Gasteiger partial charge < -0.3 is 5.32 Å². The second-order valence-corrected chi connectivity index (χ2v) is 7.46. The minimum atomic E-state index is 0.186. The van der Waals surface area contributed by atoms with E-state index in [0.717, 1.165) is 5.84 Å². The molecule has 3 aromatic heterocycles. The monoisotopic (exact) mass is 316 g/mol. The molecule has 2 atom stereocenters. The van der Waals surface area contributed by atoms with Gasteiger partial charge in [-0.15, -0.1) is 34.0 Å². The first-order chi connectivity index (χ1) is 9.92. The topological polar surface area (TPSA) is 24.4 Å². The fourth-order valence-electron chi connectivity index (χ4n) is 2.41. The van der Waals surface area contributed by atoms with Crippen LogP contribution < -0.4 is 5.32 Å². The van der Waals surface area contributed by atoms with Gasteiger partial charge in [0.25, 0.3) is 0 Å². The molecule has 0 saturated heterocycles. The lowest BCUT2D eigenvalue weighted by Gasteiger charge is -2.16. The van der Waals surface area contributed by atoms with Crippen LogP contribution in [0.15, 0.2) is 57.5 Å². The van der Waals surface area contributed by atoms with Crippen LogP contribution in [0.4, 0.5) is 0 Å². The summed E-state index contributed by atoms with van der Waals surface area (Å²) in [5.41, 5.74) is 0. The highest BCUT2D eigenvalue weighted by Crippen LogP contribution is 2.40. The first-order valence-corrected chi connectivity index (χ1v) is 9.01. The van der Waals surface area contributed by atoms with Gasteiger partial charge in [-0.3, -0.25) is 4.99 Å². The van der Waals surface area contributed by atoms with Gasteiger partial charge in [-0.25, -0.2) is 0 Å². The number of aliphatic imine (C=N–C) groups is 1. The number of nitrogens with one attached hydrogen (secondary N) is 1. The summed E-state index contributed by atoms with van der Waals surface area (Å²) in [6, 6.07) is 13.2. The Morgan fingerprint density at radius 1 is 0.850 bits per heavy atom. The molecule has 0 spiro atoms. The summed E-state index contributed by atoms with van der Waals surface area (Å²) in [5, 5.41) is 9.96. The van der Waals surface area contributed by atoms with E-state index in [1.54, 1.807) is 34.0 Å². The second kappa shape index (κ2) is 5.16. The highest BCUT2D eigenvalue weighted by Gasteiger charge is 2.33. The average molecular weight is 316 g/mol. The van der Waals surface area contributed by atoms with Crippen molar-refractivity contribution in [2.24, 2.45) is 4.99 Å². The molecule has 0 aromatic carbocycles. The van der Waals surface area contributed by atoms with Gasteiger partial charge in [0.15, 0.2) is 0 Å². The van der Waals surface area contributed by atoms with Crippen LogP contribution >= 0.6 is 34.0 Å². The van der Waals surface area contributed by atoms with Crippen LogP contribution in [0.5, 0.6) is 0 Å². The number of rotatable bonds is 3. The fourth-order valence-corrected chi connectivity index (χ4v) is 4.70. The Hall–Kier alpha value is -1.43. The Balaban J connectivity index is 1.74. The minimum absolute atomic E-state index is 0.186. The third-order valence-corrected chi connectivity index (χ3v) is 6.09. The molecule has 3 aromatic rings. The van der Waals surface area contributed by atoms with Gasteiger partial charge in [-0.2, -0.15) is 0 Å². The number of thiophene rings is 3. The third-order valence-electron chi connectivity index (χ3n) is 3.32. The molecule has 4 rings (SSSR count). The molecule has 1 N–H and O–H groups in total. The van der Waals surface area contributed by atoms with E-state index in [1.165, 1.54) is 14.6 Å². The Bertz CT molecular complexity index is 696. The molecule has 0 bridgehead atoms. The maximum absolute atomic E-state index is 4.94. The maximum Gasteiger partial charge on any atom is 0.139 e. The Morgan fingerprint density at radius 3 is 2.20 bits per heavy atom. The van der Waals surface area contributed by atoms with Crippen molar-refractivity contribution in [1.29, 1.82) is 0 Å². The molecule has 2 unspecified atom stereocenters. The van der Waals surface area contributed by atoms with E-state index in [1.807, 2.05) is 0 Å². The lowest BCUT2D eigenvalue weighted by Crippen LogP contribution is -2.23. The molecule has 0 radical (unpaired) electrons. The number of amidine groups is 1. The molecule has 1 aliphatic heterocycles. The molecule has 5 heteroatoms. The Morgan fingerprint density at radius 2 is 1.55 bits per heavy atom. The average Bonchev–Trinajstić information content (AvgIpc) is 3.22. The summed E-state index contributed by atoms with van der Waals surface area (Å²) in [6.45, 7) is 0. The van der Waals surface area contributed by atoms with E-state index in [9.17, 15) is 0 Å². The molecule has 1 aliphatic rings. The van der Waals surface area contributed by atoms with Crippen LogP contribution in [0.1, 0.15) is 26.7 Å². The number of hydrogen-bond donors (Lipinski definition) is 1. The predicted octanol–water partition coefficient (Wildman–Crippen LogP) is 4.70. The lowest BCUT2D eigenvalue weighted by atomic mass is 10.1. The smallest absolute Gasteiger partial charge is 0.139 e. The van der Waals surface area contributed by atoms with E-state index >= 15 is 0 Å². The lowest BCUT2D eigenvalue weighted by molar-refractivity contribution is 0.589. The third kappa shape index (κ3) is 2.12. The molecular formula is C15H12N2S3. The van der Waals surface area contributed by atoms with Crippen molar-refractivity contribution in [2.75, 3.05) is 0 Å². The summed E-state index contributed by atoms with van der Waals surface area (Å²) < 4.78 is 0. The van der Waals surface area contributed by atoms with Crippen LogP contribution in [0, 0.1) is 0 Å². The van der Waals surface area contributed by atoms with E-state index in [-0.39, 0.29) is 12.1 Å². The van der Waals surface area contributed by atoms with Crippen molar-refractivity contribution in [1.82, 2.24) is 5.32 Å². The highest BCUT2D eigenvalue weighted by molar-refractivity contribution is 7.12. The molecule has 0 fully saturated rings. The van der Waals surface area contributed by atoms with Gasteiger partial charge in [-0.1, -0.05) is 18.2 Å². The zero-order valence-electron chi connectivity index (χ0n) is 10.5. The molecule has 2 nitrogen and oxygen atoms in total. The standard InChI is InChI=1S/C15H12N2S3/c1-4-10(18-7-1)13-14(11-5-2-8-19-11)17-15(16-13)12-6-3-9-20-12/h1-9,13-14H,(H,16,17). The zero-order valence-corrected chi connectivity index (χ0v) is 13.0. The van der Waals surface area contributed by atoms with Gasteiger partial charge in [-0.05, 0) is 34.3 Å². The molecular weight excluding hydrogens is 304 g/mol. The summed E-state index contributed by atoms with van der Waals surface area (Å²) in [6.07, 6.45) is 0. The van der Waals surface area contributed by atoms with Crippen LogP contribution in [0.3, 0.4) is 0 Å². The Labute approximate surface area is 129 Å². The molecule has 4 heterocycles. The van der Waals surface area contributed by atoms with Gasteiger partial charge in [0.05, 0.1) is 10.9 Å². The zero-order chi connectivity index (χ0) is 13.4. The van der Waals surface area contributed by atoms with Crippen LogP contribution in [-0.4, -0.2) is 5.84 Å². The first-order valence-electron chi connectivity index (χ1n) is 6.37. The van der Waals surface area contributed by atoms with E-state index in [0.29, 0.717) is 0 Å². The predicted molar refractivity (Wildman–Crippen MR) is 88.1 cm³/mol. The minimum Gasteiger partial charge on any atom is -0.359 e. The first kappa shape index (κ1) is 12.3. The summed E-state index contributed by atoms with van der Waals surface area (Å²) >= 11 is 5.31. The summed E-state index contributed by atoms with van der Waals surface area (Å²) in [5.74, 6) is 1.02. The van der Waals surface area contributed by atoms with Crippen molar-refractivity contribution in [3.63, 3.8) is 0 Å². The van der Waals surface area contributed by atoms with E-state index < -0.39 is 0 Å². The number of nitrogens with zero attached hydrogens (tertiary/aromatic N) is 1. The van der Waals surface area contributed by atoms with Crippen LogP contribution in [-0.2, 0) is 0 Å². The molecule has 100 valence electrons. The SMILES string of the molecule is c1csc(C2=NC(c3cccs3)C(c3cccs3)N2)c1. The van der Waals surface area contributed by atoms with E-state index in [4.69, 9.17) is 4.99 Å². The summed E-state index contributed by atoms with van der Waals surface area (Å²) in [7, 11) is 0. The fraction of sp³-hybridized carbons (Fsp3) is 0.133. The van der Waals surface area contributed by atoms with E-state index in [2.05, 4.69) is 57.9 Å². The van der Waals surface area contributed by atoms with Crippen molar-refractivity contribution in [2.45, 2.75) is 12.1 Å². The van der Waals surface area contributed by atoms with Gasteiger partial charge >= 0.3 is 0 Å². The van der Waals surface area contributed by atoms with Crippen molar-refractivity contribution in [3.05, 3.63) is 67.2 Å². The van der Waals surface area contributed by atoms with Crippen molar-refractivity contribution < 1.29 is 0 Å². The quantitative estimate of drug-likeness (QED) is 0.744. The molecule has 20 heavy (non-hydrogen) atoms. The van der Waals surface area contributed by atoms with Gasteiger partial charge in [0, 0.05) is 9.75 Å². The number of hydrogen-bond acceptors (Lipinski definition) is 5. The van der Waals surface area contributed by atoms with Crippen LogP contribution in [0.25, 0.3) is 0 Å². The van der Waals surface area contributed by atoms with Gasteiger partial charge in [0.1, 0.15) is 11.9 Å². The molecule has 0 saturated carbocycles. The summed E-state index contributed by atoms with van der Waals surface area (Å²) in [4.78, 5) is 8.82. The second-order valence-electron chi connectivity index (χ2n) is 4.55. The molecule has 0 amide bonds.